The molecule has 0 radical (unpaired) electrons. The van der Waals surface area contributed by atoms with Crippen LogP contribution in [0.25, 0.3) is 0 Å². The van der Waals surface area contributed by atoms with Crippen LogP contribution in [0.1, 0.15) is 32.3 Å². The molecule has 0 saturated heterocycles. The van der Waals surface area contributed by atoms with E-state index in [0.717, 1.165) is 18.9 Å². The van der Waals surface area contributed by atoms with Gasteiger partial charge in [0.2, 0.25) is 0 Å². The van der Waals surface area contributed by atoms with Crippen molar-refractivity contribution in [1.29, 1.82) is 0 Å². The summed E-state index contributed by atoms with van der Waals surface area (Å²) in [6.45, 7) is 4.94. The van der Waals surface area contributed by atoms with E-state index in [4.69, 9.17) is 0 Å². The molecule has 0 amide bonds. The lowest BCUT2D eigenvalue weighted by Gasteiger charge is -2.13. The highest BCUT2D eigenvalue weighted by Crippen LogP contribution is 2.36. The third-order valence-electron chi connectivity index (χ3n) is 2.56. The molecule has 1 rings (SSSR count). The quantitative estimate of drug-likeness (QED) is 0.723. The van der Waals surface area contributed by atoms with Crippen molar-refractivity contribution in [1.82, 2.24) is 0 Å². The second-order valence-corrected chi connectivity index (χ2v) is 5.51. The largest absolute Gasteiger partial charge is 0.417 e. The summed E-state index contributed by atoms with van der Waals surface area (Å²) >= 11 is 2.92. The van der Waals surface area contributed by atoms with E-state index in [2.05, 4.69) is 35.1 Å². The Morgan fingerprint density at radius 1 is 1.28 bits per heavy atom. The smallest absolute Gasteiger partial charge is 0.385 e. The van der Waals surface area contributed by atoms with E-state index in [9.17, 15) is 13.2 Å². The summed E-state index contributed by atoms with van der Waals surface area (Å²) in [6.07, 6.45) is -2.31. The van der Waals surface area contributed by atoms with Crippen LogP contribution in [0.15, 0.2) is 22.7 Å². The van der Waals surface area contributed by atoms with Crippen molar-refractivity contribution >= 4 is 21.6 Å². The average Bonchev–Trinajstić information content (AvgIpc) is 2.24. The molecular formula is C13H17BrF3N. The molecule has 0 unspecified atom stereocenters. The zero-order valence-corrected chi connectivity index (χ0v) is 12.0. The van der Waals surface area contributed by atoms with Gasteiger partial charge in [-0.25, -0.2) is 0 Å². The Hall–Kier alpha value is -0.710. The Kier molecular flexibility index (Phi) is 5.50. The Balaban J connectivity index is 2.63. The third-order valence-corrected chi connectivity index (χ3v) is 3.25. The second kappa shape index (κ2) is 6.45. The first-order valence-corrected chi connectivity index (χ1v) is 6.70. The van der Waals surface area contributed by atoms with Crippen LogP contribution < -0.4 is 5.32 Å². The van der Waals surface area contributed by atoms with Gasteiger partial charge in [-0.2, -0.15) is 13.2 Å². The summed E-state index contributed by atoms with van der Waals surface area (Å²) in [6, 6.07) is 4.21. The summed E-state index contributed by atoms with van der Waals surface area (Å²) < 4.78 is 38.1. The predicted molar refractivity (Wildman–Crippen MR) is 71.7 cm³/mol. The number of benzene rings is 1. The van der Waals surface area contributed by atoms with Gasteiger partial charge in [0.05, 0.1) is 5.56 Å². The molecule has 1 aromatic rings. The summed E-state index contributed by atoms with van der Waals surface area (Å²) in [7, 11) is 0. The molecule has 102 valence electrons. The maximum Gasteiger partial charge on any atom is 0.417 e. The maximum absolute atomic E-state index is 12.7. The van der Waals surface area contributed by atoms with E-state index in [1.807, 2.05) is 0 Å². The molecule has 18 heavy (non-hydrogen) atoms. The Morgan fingerprint density at radius 2 is 1.94 bits per heavy atom. The molecule has 0 bridgehead atoms. The highest BCUT2D eigenvalue weighted by Gasteiger charge is 2.33. The number of alkyl halides is 3. The number of anilines is 1. The molecule has 1 N–H and O–H groups in total. The first-order valence-electron chi connectivity index (χ1n) is 5.91. The second-order valence-electron chi connectivity index (χ2n) is 4.66. The first-order chi connectivity index (χ1) is 8.30. The fraction of sp³-hybridized carbons (Fsp3) is 0.538. The number of nitrogens with one attached hydrogen (secondary N) is 1. The molecule has 0 atom stereocenters. The number of rotatable bonds is 5. The van der Waals surface area contributed by atoms with Crippen LogP contribution >= 0.6 is 15.9 Å². The molecule has 0 aliphatic heterocycles. The Bertz CT molecular complexity index is 388. The van der Waals surface area contributed by atoms with Crippen molar-refractivity contribution in [2.24, 2.45) is 5.92 Å². The molecule has 0 heterocycles. The molecular weight excluding hydrogens is 307 g/mol. The number of hydrogen-bond donors (Lipinski definition) is 1. The molecule has 0 aliphatic rings. The predicted octanol–water partition coefficient (Wildman–Crippen LogP) is 5.32. The van der Waals surface area contributed by atoms with Crippen LogP contribution in [0.5, 0.6) is 0 Å². The van der Waals surface area contributed by atoms with Crippen molar-refractivity contribution in [2.75, 3.05) is 11.9 Å². The topological polar surface area (TPSA) is 12.0 Å². The first kappa shape index (κ1) is 15.3. The van der Waals surface area contributed by atoms with Gasteiger partial charge in [0, 0.05) is 16.7 Å². The summed E-state index contributed by atoms with van der Waals surface area (Å²) in [5.74, 6) is 0.613. The SMILES string of the molecule is CC(C)CCCNc1ccc(Br)c(C(F)(F)F)c1. The van der Waals surface area contributed by atoms with Crippen molar-refractivity contribution < 1.29 is 13.2 Å². The van der Waals surface area contributed by atoms with Gasteiger partial charge in [-0.3, -0.25) is 0 Å². The summed E-state index contributed by atoms with van der Waals surface area (Å²) in [4.78, 5) is 0. The fourth-order valence-corrected chi connectivity index (χ4v) is 2.07. The van der Waals surface area contributed by atoms with Gasteiger partial charge in [-0.05, 0) is 37.0 Å². The normalized spacial score (nSPS) is 11.9. The van der Waals surface area contributed by atoms with Gasteiger partial charge >= 0.3 is 6.18 Å². The van der Waals surface area contributed by atoms with E-state index in [0.29, 0.717) is 18.2 Å². The molecule has 0 aromatic heterocycles. The molecule has 0 aliphatic carbocycles. The zero-order valence-electron chi connectivity index (χ0n) is 10.4. The number of halogens is 4. The average molecular weight is 324 g/mol. The van der Waals surface area contributed by atoms with Gasteiger partial charge < -0.3 is 5.32 Å². The van der Waals surface area contributed by atoms with Gasteiger partial charge in [0.15, 0.2) is 0 Å². The standard InChI is InChI=1S/C13H17BrF3N/c1-9(2)4-3-7-18-10-5-6-12(14)11(8-10)13(15,16)17/h5-6,8-9,18H,3-4,7H2,1-2H3. The molecule has 1 nitrogen and oxygen atoms in total. The maximum atomic E-state index is 12.7. The fourth-order valence-electron chi connectivity index (χ4n) is 1.60. The van der Waals surface area contributed by atoms with E-state index in [-0.39, 0.29) is 4.47 Å². The van der Waals surface area contributed by atoms with Crippen LogP contribution in [0, 0.1) is 5.92 Å². The van der Waals surface area contributed by atoms with Crippen molar-refractivity contribution in [3.8, 4) is 0 Å². The minimum absolute atomic E-state index is 0.0720. The van der Waals surface area contributed by atoms with Gasteiger partial charge in [-0.15, -0.1) is 0 Å². The van der Waals surface area contributed by atoms with Crippen LogP contribution in [0.2, 0.25) is 0 Å². The molecule has 1 aromatic carbocycles. The highest BCUT2D eigenvalue weighted by molar-refractivity contribution is 9.10. The molecule has 0 spiro atoms. The van der Waals surface area contributed by atoms with E-state index < -0.39 is 11.7 Å². The molecule has 0 saturated carbocycles. The lowest BCUT2D eigenvalue weighted by atomic mass is 10.1. The van der Waals surface area contributed by atoms with E-state index in [1.54, 1.807) is 6.07 Å². The van der Waals surface area contributed by atoms with E-state index in [1.165, 1.54) is 6.07 Å². The van der Waals surface area contributed by atoms with Crippen LogP contribution in [0.4, 0.5) is 18.9 Å². The summed E-state index contributed by atoms with van der Waals surface area (Å²) in [5.41, 5.74) is -0.134. The third kappa shape index (κ3) is 4.88. The lowest BCUT2D eigenvalue weighted by molar-refractivity contribution is -0.138. The Morgan fingerprint density at radius 3 is 2.50 bits per heavy atom. The van der Waals surface area contributed by atoms with Crippen molar-refractivity contribution in [3.05, 3.63) is 28.2 Å². The minimum atomic E-state index is -4.32. The van der Waals surface area contributed by atoms with Crippen molar-refractivity contribution in [3.63, 3.8) is 0 Å². The Labute approximate surface area is 114 Å². The monoisotopic (exact) mass is 323 g/mol. The van der Waals surface area contributed by atoms with Crippen LogP contribution in [0.3, 0.4) is 0 Å². The van der Waals surface area contributed by atoms with Crippen molar-refractivity contribution in [2.45, 2.75) is 32.9 Å². The van der Waals surface area contributed by atoms with E-state index >= 15 is 0 Å². The van der Waals surface area contributed by atoms with Crippen LogP contribution in [-0.2, 0) is 6.18 Å². The summed E-state index contributed by atoms with van der Waals surface area (Å²) in [5, 5.41) is 3.02. The lowest BCUT2D eigenvalue weighted by Crippen LogP contribution is -2.08. The van der Waals surface area contributed by atoms with Gasteiger partial charge in [0.25, 0.3) is 0 Å². The number of hydrogen-bond acceptors (Lipinski definition) is 1. The molecule has 0 fully saturated rings. The van der Waals surface area contributed by atoms with Crippen LogP contribution in [-0.4, -0.2) is 6.54 Å². The molecule has 5 heteroatoms. The van der Waals surface area contributed by atoms with Gasteiger partial charge in [-0.1, -0.05) is 29.8 Å². The van der Waals surface area contributed by atoms with Gasteiger partial charge in [0.1, 0.15) is 0 Å². The minimum Gasteiger partial charge on any atom is -0.385 e. The zero-order chi connectivity index (χ0) is 13.8. The highest BCUT2D eigenvalue weighted by atomic mass is 79.9.